The van der Waals surface area contributed by atoms with Gasteiger partial charge in [-0.05, 0) is 13.3 Å². The molecular weight excluding hydrogens is 244 g/mol. The topological polar surface area (TPSA) is 55.8 Å². The molecule has 1 heterocycles. The molecule has 1 spiro atoms. The van der Waals surface area contributed by atoms with Crippen LogP contribution in [0, 0.1) is 10.8 Å². The van der Waals surface area contributed by atoms with Crippen LogP contribution in [-0.2, 0) is 14.3 Å². The van der Waals surface area contributed by atoms with E-state index in [1.54, 1.807) is 0 Å². The van der Waals surface area contributed by atoms with E-state index >= 15 is 0 Å². The van der Waals surface area contributed by atoms with Gasteiger partial charge in [-0.1, -0.05) is 33.3 Å². The summed E-state index contributed by atoms with van der Waals surface area (Å²) in [6.45, 7) is 11.1. The molecule has 0 aromatic rings. The zero-order valence-corrected chi connectivity index (χ0v) is 12.5. The molecule has 4 nitrogen and oxygen atoms in total. The molecule has 2 aliphatic rings. The highest BCUT2D eigenvalue weighted by molar-refractivity contribution is 5.89. The van der Waals surface area contributed by atoms with Crippen LogP contribution >= 0.6 is 0 Å². The molecule has 0 unspecified atom stereocenters. The molecule has 0 radical (unpaired) electrons. The second-order valence-electron chi connectivity index (χ2n) is 7.08. The quantitative estimate of drug-likeness (QED) is 0.794. The van der Waals surface area contributed by atoms with Crippen molar-refractivity contribution >= 4 is 5.97 Å². The number of allylic oxidation sites excluding steroid dienone is 1. The fourth-order valence-electron chi connectivity index (χ4n) is 3.18. The molecule has 0 amide bonds. The number of rotatable bonds is 1. The third kappa shape index (κ3) is 2.21. The first-order valence-corrected chi connectivity index (χ1v) is 6.83. The average Bonchev–Trinajstić information content (AvgIpc) is 2.25. The summed E-state index contributed by atoms with van der Waals surface area (Å²) in [4.78, 5) is 11.6. The number of hydrogen-bond donors (Lipinski definition) is 1. The molecule has 0 saturated carbocycles. The third-order valence-electron chi connectivity index (χ3n) is 4.44. The molecule has 1 aliphatic heterocycles. The van der Waals surface area contributed by atoms with E-state index in [0.29, 0.717) is 25.2 Å². The lowest BCUT2D eigenvalue weighted by atomic mass is 9.67. The van der Waals surface area contributed by atoms with E-state index in [4.69, 9.17) is 9.47 Å². The van der Waals surface area contributed by atoms with Crippen molar-refractivity contribution in [3.63, 3.8) is 0 Å². The van der Waals surface area contributed by atoms with Gasteiger partial charge < -0.3 is 14.6 Å². The predicted octanol–water partition coefficient (Wildman–Crippen LogP) is 2.98. The van der Waals surface area contributed by atoms with E-state index < -0.39 is 17.2 Å². The van der Waals surface area contributed by atoms with E-state index in [1.165, 1.54) is 0 Å². The SMILES string of the molecule is CC1=C(C(=O)O)C(C)(C)C2(CC1)OCC(C)(C)CO2. The lowest BCUT2D eigenvalue weighted by Crippen LogP contribution is -2.58. The first-order valence-electron chi connectivity index (χ1n) is 6.83. The maximum Gasteiger partial charge on any atom is 0.332 e. The van der Waals surface area contributed by atoms with Crippen LogP contribution in [0.2, 0.25) is 0 Å². The molecule has 19 heavy (non-hydrogen) atoms. The Labute approximate surface area is 114 Å². The van der Waals surface area contributed by atoms with Crippen molar-refractivity contribution in [1.29, 1.82) is 0 Å². The number of aliphatic carboxylic acids is 1. The molecule has 2 rings (SSSR count). The Morgan fingerprint density at radius 1 is 1.16 bits per heavy atom. The lowest BCUT2D eigenvalue weighted by molar-refractivity contribution is -0.340. The fraction of sp³-hybridized carbons (Fsp3) is 0.800. The zero-order chi connectivity index (χ0) is 14.5. The van der Waals surface area contributed by atoms with Crippen LogP contribution in [0.25, 0.3) is 0 Å². The zero-order valence-electron chi connectivity index (χ0n) is 12.5. The Morgan fingerprint density at radius 2 is 1.68 bits per heavy atom. The summed E-state index contributed by atoms with van der Waals surface area (Å²) < 4.78 is 12.1. The molecule has 1 aliphatic carbocycles. The van der Waals surface area contributed by atoms with E-state index in [1.807, 2.05) is 20.8 Å². The van der Waals surface area contributed by atoms with Crippen LogP contribution in [0.15, 0.2) is 11.1 Å². The van der Waals surface area contributed by atoms with Crippen molar-refractivity contribution in [2.45, 2.75) is 53.2 Å². The monoisotopic (exact) mass is 268 g/mol. The Balaban J connectivity index is 2.38. The summed E-state index contributed by atoms with van der Waals surface area (Å²) in [5.74, 6) is -1.66. The van der Waals surface area contributed by atoms with Gasteiger partial charge in [0.2, 0.25) is 0 Å². The van der Waals surface area contributed by atoms with Gasteiger partial charge in [0.05, 0.1) is 18.6 Å². The van der Waals surface area contributed by atoms with E-state index in [0.717, 1.165) is 12.0 Å². The van der Waals surface area contributed by atoms with Crippen LogP contribution < -0.4 is 0 Å². The summed E-state index contributed by atoms with van der Waals surface area (Å²) in [6, 6.07) is 0. The average molecular weight is 268 g/mol. The predicted molar refractivity (Wildman–Crippen MR) is 71.8 cm³/mol. The molecule has 1 N–H and O–H groups in total. The van der Waals surface area contributed by atoms with Crippen molar-refractivity contribution in [2.24, 2.45) is 10.8 Å². The number of carboxylic acid groups (broad SMARTS) is 1. The molecule has 108 valence electrons. The van der Waals surface area contributed by atoms with Crippen molar-refractivity contribution in [1.82, 2.24) is 0 Å². The fourth-order valence-corrected chi connectivity index (χ4v) is 3.18. The number of ether oxygens (including phenoxy) is 2. The molecule has 1 saturated heterocycles. The maximum absolute atomic E-state index is 11.6. The van der Waals surface area contributed by atoms with Gasteiger partial charge in [-0.25, -0.2) is 4.79 Å². The first kappa shape index (κ1) is 14.5. The van der Waals surface area contributed by atoms with Gasteiger partial charge in [-0.15, -0.1) is 0 Å². The largest absolute Gasteiger partial charge is 0.478 e. The minimum atomic E-state index is -0.862. The number of carbonyl (C=O) groups is 1. The van der Waals surface area contributed by atoms with E-state index in [2.05, 4.69) is 13.8 Å². The van der Waals surface area contributed by atoms with Crippen molar-refractivity contribution in [2.75, 3.05) is 13.2 Å². The highest BCUT2D eigenvalue weighted by Crippen LogP contribution is 2.52. The van der Waals surface area contributed by atoms with Crippen molar-refractivity contribution in [3.05, 3.63) is 11.1 Å². The van der Waals surface area contributed by atoms with E-state index in [-0.39, 0.29) is 5.41 Å². The second-order valence-corrected chi connectivity index (χ2v) is 7.08. The summed E-state index contributed by atoms with van der Waals surface area (Å²) in [5.41, 5.74) is 0.720. The number of hydrogen-bond acceptors (Lipinski definition) is 3. The summed E-state index contributed by atoms with van der Waals surface area (Å²) >= 11 is 0. The first-order chi connectivity index (χ1) is 8.61. The standard InChI is InChI=1S/C15H24O4/c1-10-6-7-15(14(4,5)11(10)12(16)17)18-8-13(2,3)9-19-15/h6-9H2,1-5H3,(H,16,17). The molecule has 0 bridgehead atoms. The normalized spacial score (nSPS) is 28.5. The van der Waals surface area contributed by atoms with Gasteiger partial charge in [0, 0.05) is 17.4 Å². The Morgan fingerprint density at radius 3 is 2.16 bits per heavy atom. The molecule has 4 heteroatoms. The molecule has 0 aromatic carbocycles. The van der Waals surface area contributed by atoms with Crippen molar-refractivity contribution < 1.29 is 19.4 Å². The van der Waals surface area contributed by atoms with Crippen LogP contribution in [0.3, 0.4) is 0 Å². The minimum Gasteiger partial charge on any atom is -0.478 e. The minimum absolute atomic E-state index is 0.0130. The molecule has 0 atom stereocenters. The van der Waals surface area contributed by atoms with Gasteiger partial charge in [-0.3, -0.25) is 0 Å². The lowest BCUT2D eigenvalue weighted by Gasteiger charge is -2.54. The van der Waals surface area contributed by atoms with Gasteiger partial charge in [0.25, 0.3) is 0 Å². The Kier molecular flexibility index (Phi) is 3.30. The molecule has 0 aromatic heterocycles. The Hall–Kier alpha value is -0.870. The van der Waals surface area contributed by atoms with Gasteiger partial charge in [-0.2, -0.15) is 0 Å². The van der Waals surface area contributed by atoms with Gasteiger partial charge >= 0.3 is 5.97 Å². The summed E-state index contributed by atoms with van der Waals surface area (Å²) in [7, 11) is 0. The highest BCUT2D eigenvalue weighted by Gasteiger charge is 2.56. The maximum atomic E-state index is 11.6. The van der Waals surface area contributed by atoms with Gasteiger partial charge in [0.1, 0.15) is 0 Å². The van der Waals surface area contributed by atoms with Crippen LogP contribution in [0.5, 0.6) is 0 Å². The molecule has 1 fully saturated rings. The second kappa shape index (κ2) is 4.32. The summed E-state index contributed by atoms with van der Waals surface area (Å²) in [6.07, 6.45) is 1.43. The van der Waals surface area contributed by atoms with Crippen LogP contribution in [-0.4, -0.2) is 30.1 Å². The molecular formula is C15H24O4. The van der Waals surface area contributed by atoms with E-state index in [9.17, 15) is 9.90 Å². The Bertz CT molecular complexity index is 421. The van der Waals surface area contributed by atoms with Crippen LogP contribution in [0.4, 0.5) is 0 Å². The van der Waals surface area contributed by atoms with Crippen LogP contribution in [0.1, 0.15) is 47.5 Å². The van der Waals surface area contributed by atoms with Crippen molar-refractivity contribution in [3.8, 4) is 0 Å². The third-order valence-corrected chi connectivity index (χ3v) is 4.44. The highest BCUT2D eigenvalue weighted by atomic mass is 16.7. The number of carboxylic acids is 1. The smallest absolute Gasteiger partial charge is 0.332 e. The van der Waals surface area contributed by atoms with Gasteiger partial charge in [0.15, 0.2) is 5.79 Å². The summed E-state index contributed by atoms with van der Waals surface area (Å²) in [5, 5.41) is 9.49.